The Kier molecular flexibility index (Phi) is 11.8. The van der Waals surface area contributed by atoms with Crippen LogP contribution in [-0.4, -0.2) is 52.5 Å². The number of methoxy groups -OCH3 is 1. The molecule has 0 atom stereocenters. The number of carbonyl (C=O) groups excluding carboxylic acids is 1. The van der Waals surface area contributed by atoms with E-state index in [1.165, 1.54) is 6.08 Å². The van der Waals surface area contributed by atoms with Gasteiger partial charge in [-0.15, -0.1) is 0 Å². The number of carbonyl (C=O) groups is 1. The molecule has 0 saturated heterocycles. The highest BCUT2D eigenvalue weighted by molar-refractivity contribution is 6.12. The van der Waals surface area contributed by atoms with Crippen LogP contribution in [0, 0.1) is 0 Å². The minimum atomic E-state index is -0.340. The maximum Gasteiger partial charge on any atom is 0.193 e. The molecule has 198 valence electrons. The van der Waals surface area contributed by atoms with E-state index in [1.807, 2.05) is 41.5 Å². The minimum Gasteiger partial charge on any atom is -0.494 e. The first kappa shape index (κ1) is 28.7. The summed E-state index contributed by atoms with van der Waals surface area (Å²) in [4.78, 5) is 13.7. The number of ether oxygens (including phenoxy) is 7. The molecule has 0 bridgehead atoms. The van der Waals surface area contributed by atoms with Crippen LogP contribution in [-0.2, 0) is 0 Å². The molecule has 0 aromatic heterocycles. The van der Waals surface area contributed by atoms with E-state index in [9.17, 15) is 4.79 Å². The Morgan fingerprint density at radius 3 is 1.61 bits per heavy atom. The molecule has 0 saturated carbocycles. The molecular formula is C28H38O8. The number of benzene rings is 2. The van der Waals surface area contributed by atoms with Crippen LogP contribution >= 0.6 is 0 Å². The Morgan fingerprint density at radius 2 is 1.14 bits per heavy atom. The van der Waals surface area contributed by atoms with Crippen molar-refractivity contribution in [1.82, 2.24) is 0 Å². The van der Waals surface area contributed by atoms with Crippen molar-refractivity contribution in [2.75, 3.05) is 46.8 Å². The molecule has 0 heterocycles. The van der Waals surface area contributed by atoms with Gasteiger partial charge in [0.1, 0.15) is 11.3 Å². The van der Waals surface area contributed by atoms with Crippen LogP contribution in [0.15, 0.2) is 24.3 Å². The van der Waals surface area contributed by atoms with Crippen molar-refractivity contribution in [3.05, 3.63) is 35.4 Å². The van der Waals surface area contributed by atoms with Gasteiger partial charge in [-0.3, -0.25) is 4.79 Å². The van der Waals surface area contributed by atoms with E-state index in [-0.39, 0.29) is 11.3 Å². The highest BCUT2D eigenvalue weighted by atomic mass is 16.5. The Labute approximate surface area is 214 Å². The maximum absolute atomic E-state index is 13.7. The van der Waals surface area contributed by atoms with Crippen LogP contribution in [0.4, 0.5) is 0 Å². The number of rotatable bonds is 16. The fourth-order valence-corrected chi connectivity index (χ4v) is 3.59. The Hall–Kier alpha value is -3.55. The Balaban J connectivity index is 2.70. The number of hydrogen-bond acceptors (Lipinski definition) is 8. The summed E-state index contributed by atoms with van der Waals surface area (Å²) >= 11 is 0. The van der Waals surface area contributed by atoms with E-state index in [4.69, 9.17) is 33.2 Å². The summed E-state index contributed by atoms with van der Waals surface area (Å²) in [5.74, 6) is 2.74. The third kappa shape index (κ3) is 6.99. The number of allylic oxidation sites excluding steroid dienone is 1. The van der Waals surface area contributed by atoms with Crippen molar-refractivity contribution in [2.45, 2.75) is 41.5 Å². The van der Waals surface area contributed by atoms with E-state index in [1.54, 1.807) is 31.4 Å². The third-order valence-electron chi connectivity index (χ3n) is 4.88. The zero-order chi connectivity index (χ0) is 26.5. The molecule has 0 spiro atoms. The summed E-state index contributed by atoms with van der Waals surface area (Å²) in [5.41, 5.74) is 0.866. The van der Waals surface area contributed by atoms with Crippen molar-refractivity contribution in [3.63, 3.8) is 0 Å². The molecule has 0 radical (unpaired) electrons. The predicted octanol–water partition coefficient (Wildman–Crippen LogP) is 5.98. The molecule has 0 N–H and O–H groups in total. The molecule has 0 amide bonds. The quantitative estimate of drug-likeness (QED) is 0.205. The molecule has 8 heteroatoms. The molecular weight excluding hydrogens is 464 g/mol. The van der Waals surface area contributed by atoms with Gasteiger partial charge in [0, 0.05) is 17.7 Å². The predicted molar refractivity (Wildman–Crippen MR) is 140 cm³/mol. The minimum absolute atomic E-state index is 0.232. The van der Waals surface area contributed by atoms with Gasteiger partial charge in [-0.2, -0.15) is 0 Å². The molecule has 2 aromatic rings. The van der Waals surface area contributed by atoms with Crippen molar-refractivity contribution in [2.24, 2.45) is 0 Å². The Morgan fingerprint density at radius 1 is 0.639 bits per heavy atom. The zero-order valence-electron chi connectivity index (χ0n) is 22.4. The van der Waals surface area contributed by atoms with Crippen molar-refractivity contribution in [3.8, 4) is 40.2 Å². The lowest BCUT2D eigenvalue weighted by Crippen LogP contribution is -2.10. The fourth-order valence-electron chi connectivity index (χ4n) is 3.59. The highest BCUT2D eigenvalue weighted by Crippen LogP contribution is 2.46. The normalized spacial score (nSPS) is 10.8. The topological polar surface area (TPSA) is 81.7 Å². The van der Waals surface area contributed by atoms with Gasteiger partial charge in [0.15, 0.2) is 40.3 Å². The lowest BCUT2D eigenvalue weighted by atomic mass is 10.0. The Bertz CT molecular complexity index is 995. The lowest BCUT2D eigenvalue weighted by molar-refractivity contribution is 0.103. The van der Waals surface area contributed by atoms with Crippen molar-refractivity contribution < 1.29 is 38.0 Å². The largest absolute Gasteiger partial charge is 0.494 e. The third-order valence-corrected chi connectivity index (χ3v) is 4.88. The molecule has 36 heavy (non-hydrogen) atoms. The summed E-state index contributed by atoms with van der Waals surface area (Å²) in [6, 6.07) is 5.26. The lowest BCUT2D eigenvalue weighted by Gasteiger charge is -2.20. The molecule has 0 aliphatic carbocycles. The summed E-state index contributed by atoms with van der Waals surface area (Å²) < 4.78 is 40.4. The van der Waals surface area contributed by atoms with Gasteiger partial charge in [-0.1, -0.05) is 0 Å². The van der Waals surface area contributed by atoms with Gasteiger partial charge in [0.2, 0.25) is 0 Å². The number of hydrogen-bond donors (Lipinski definition) is 0. The van der Waals surface area contributed by atoms with E-state index >= 15 is 0 Å². The summed E-state index contributed by atoms with van der Waals surface area (Å²) in [5, 5.41) is 0. The first-order chi connectivity index (χ1) is 17.5. The zero-order valence-corrected chi connectivity index (χ0v) is 22.4. The first-order valence-electron chi connectivity index (χ1n) is 12.4. The fraction of sp³-hybridized carbons (Fsp3) is 0.464. The van der Waals surface area contributed by atoms with Gasteiger partial charge >= 0.3 is 0 Å². The van der Waals surface area contributed by atoms with Crippen molar-refractivity contribution >= 4 is 11.9 Å². The van der Waals surface area contributed by atoms with E-state index in [0.717, 1.165) is 0 Å². The van der Waals surface area contributed by atoms with Gasteiger partial charge in [0.25, 0.3) is 0 Å². The maximum atomic E-state index is 13.7. The first-order valence-corrected chi connectivity index (χ1v) is 12.4. The second-order valence-electron chi connectivity index (χ2n) is 7.25. The van der Waals surface area contributed by atoms with Crippen LogP contribution in [0.2, 0.25) is 0 Å². The van der Waals surface area contributed by atoms with Crippen LogP contribution in [0.3, 0.4) is 0 Å². The van der Waals surface area contributed by atoms with Crippen LogP contribution in [0.25, 0.3) is 6.08 Å². The van der Waals surface area contributed by atoms with E-state index in [0.29, 0.717) is 85.5 Å². The smallest absolute Gasteiger partial charge is 0.193 e. The summed E-state index contributed by atoms with van der Waals surface area (Å²) in [7, 11) is 1.56. The second-order valence-corrected chi connectivity index (χ2v) is 7.25. The second kappa shape index (κ2) is 14.8. The molecule has 0 aliphatic heterocycles. The molecule has 2 aromatic carbocycles. The average molecular weight is 503 g/mol. The van der Waals surface area contributed by atoms with E-state index in [2.05, 4.69) is 0 Å². The molecule has 2 rings (SSSR count). The van der Waals surface area contributed by atoms with Crippen LogP contribution < -0.4 is 33.2 Å². The molecule has 0 aliphatic rings. The van der Waals surface area contributed by atoms with Crippen molar-refractivity contribution in [1.29, 1.82) is 0 Å². The standard InChI is InChI=1S/C28H38O8/c1-8-31-20-16-19(26(34-11-4)22(17-20)30-7)14-15-21(29)25-27(35-12-5)23(32-9-2)18-24(33-10-3)28(25)36-13-6/h14-18H,8-13H2,1-7H3. The molecule has 0 unspecified atom stereocenters. The van der Waals surface area contributed by atoms with Gasteiger partial charge < -0.3 is 33.2 Å². The SMILES string of the molecule is CCOc1cc(C=CC(=O)c2c(OCC)c(OCC)cc(OCC)c2OCC)c(OCC)c(OC)c1. The highest BCUT2D eigenvalue weighted by Gasteiger charge is 2.27. The van der Waals surface area contributed by atoms with Gasteiger partial charge in [-0.25, -0.2) is 0 Å². The van der Waals surface area contributed by atoms with E-state index < -0.39 is 0 Å². The molecule has 0 fully saturated rings. The monoisotopic (exact) mass is 502 g/mol. The van der Waals surface area contributed by atoms with Crippen LogP contribution in [0.1, 0.15) is 57.5 Å². The van der Waals surface area contributed by atoms with Crippen LogP contribution in [0.5, 0.6) is 40.2 Å². The summed E-state index contributed by atoms with van der Waals surface area (Å²) in [6.07, 6.45) is 3.11. The van der Waals surface area contributed by atoms with Gasteiger partial charge in [0.05, 0.1) is 46.8 Å². The number of ketones is 1. The van der Waals surface area contributed by atoms with Gasteiger partial charge in [-0.05, 0) is 59.8 Å². The molecule has 8 nitrogen and oxygen atoms in total. The average Bonchev–Trinajstić information content (AvgIpc) is 2.86. The summed E-state index contributed by atoms with van der Waals surface area (Å²) in [6.45, 7) is 13.6.